The van der Waals surface area contributed by atoms with E-state index in [4.69, 9.17) is 0 Å². The van der Waals surface area contributed by atoms with Gasteiger partial charge in [0, 0.05) is 16.5 Å². The topological polar surface area (TPSA) is 0 Å². The average Bonchev–Trinajstić information content (AvgIpc) is 2.90. The molecule has 3 aromatic rings. The number of rotatable bonds is 9. The summed E-state index contributed by atoms with van der Waals surface area (Å²) in [7, 11) is 0. The zero-order valence-electron chi connectivity index (χ0n) is 21.3. The van der Waals surface area contributed by atoms with Crippen LogP contribution in [0.3, 0.4) is 0 Å². The Kier molecular flexibility index (Phi) is 9.19. The van der Waals surface area contributed by atoms with Gasteiger partial charge in [-0.25, -0.2) is 4.39 Å². The van der Waals surface area contributed by atoms with E-state index in [0.29, 0.717) is 11.3 Å². The minimum Gasteiger partial charge on any atom is -0.206 e. The predicted molar refractivity (Wildman–Crippen MR) is 148 cm³/mol. The largest absolute Gasteiger partial charge is 0.206 e. The molecule has 0 aliphatic heterocycles. The molecule has 0 bridgehead atoms. The SMILES string of the molecule is C=CCCC1CCC(c2ccc3cc(C#Cc4ccc(CCCCCC)cc4)ccc3c2F)CC1. The maximum Gasteiger partial charge on any atom is 0.134 e. The Morgan fingerprint density at radius 1 is 0.886 bits per heavy atom. The van der Waals surface area contributed by atoms with Gasteiger partial charge < -0.3 is 0 Å². The van der Waals surface area contributed by atoms with Crippen LogP contribution >= 0.6 is 0 Å². The summed E-state index contributed by atoms with van der Waals surface area (Å²) in [5, 5.41) is 1.65. The van der Waals surface area contributed by atoms with Gasteiger partial charge in [0.2, 0.25) is 0 Å². The van der Waals surface area contributed by atoms with Crippen LogP contribution in [-0.2, 0) is 6.42 Å². The van der Waals surface area contributed by atoms with Crippen LogP contribution in [0.4, 0.5) is 4.39 Å². The minimum absolute atomic E-state index is 0.0360. The summed E-state index contributed by atoms with van der Waals surface area (Å²) in [6.45, 7) is 6.08. The number of aryl methyl sites for hydroxylation is 1. The van der Waals surface area contributed by atoms with Gasteiger partial charge in [-0.2, -0.15) is 0 Å². The molecule has 0 amide bonds. The number of hydrogen-bond acceptors (Lipinski definition) is 0. The van der Waals surface area contributed by atoms with Crippen molar-refractivity contribution in [3.8, 4) is 11.8 Å². The summed E-state index contributed by atoms with van der Waals surface area (Å²) in [5.41, 5.74) is 4.23. The summed E-state index contributed by atoms with van der Waals surface area (Å²) in [6.07, 6.45) is 15.2. The van der Waals surface area contributed by atoms with Crippen LogP contribution in [0.1, 0.15) is 99.3 Å². The molecule has 1 aliphatic carbocycles. The highest BCUT2D eigenvalue weighted by Crippen LogP contribution is 2.39. The second kappa shape index (κ2) is 12.7. The van der Waals surface area contributed by atoms with Crippen LogP contribution in [0.25, 0.3) is 10.8 Å². The fourth-order valence-corrected chi connectivity index (χ4v) is 5.47. The third-order valence-electron chi connectivity index (χ3n) is 7.67. The monoisotopic (exact) mass is 466 g/mol. The van der Waals surface area contributed by atoms with Gasteiger partial charge in [0.15, 0.2) is 0 Å². The first kappa shape index (κ1) is 25.2. The van der Waals surface area contributed by atoms with Gasteiger partial charge in [-0.05, 0) is 104 Å². The zero-order chi connectivity index (χ0) is 24.5. The molecule has 0 unspecified atom stereocenters. The lowest BCUT2D eigenvalue weighted by molar-refractivity contribution is 0.308. The normalized spacial score (nSPS) is 17.7. The van der Waals surface area contributed by atoms with E-state index in [2.05, 4.69) is 55.7 Å². The van der Waals surface area contributed by atoms with E-state index in [1.54, 1.807) is 0 Å². The van der Waals surface area contributed by atoms with Crippen molar-refractivity contribution in [2.75, 3.05) is 0 Å². The number of fused-ring (bicyclic) bond motifs is 1. The van der Waals surface area contributed by atoms with Gasteiger partial charge >= 0.3 is 0 Å². The highest BCUT2D eigenvalue weighted by Gasteiger charge is 2.24. The van der Waals surface area contributed by atoms with Crippen molar-refractivity contribution in [2.24, 2.45) is 5.92 Å². The molecule has 35 heavy (non-hydrogen) atoms. The minimum atomic E-state index is -0.0360. The summed E-state index contributed by atoms with van der Waals surface area (Å²) < 4.78 is 15.5. The van der Waals surface area contributed by atoms with Crippen molar-refractivity contribution < 1.29 is 4.39 Å². The van der Waals surface area contributed by atoms with Crippen molar-refractivity contribution in [1.29, 1.82) is 0 Å². The number of unbranched alkanes of at least 4 members (excludes halogenated alkanes) is 3. The molecule has 0 spiro atoms. The van der Waals surface area contributed by atoms with Crippen LogP contribution in [-0.4, -0.2) is 0 Å². The molecule has 0 saturated heterocycles. The molecule has 0 aromatic heterocycles. The van der Waals surface area contributed by atoms with Gasteiger partial charge in [0.05, 0.1) is 0 Å². The molecular weight excluding hydrogens is 427 g/mol. The molecular formula is C34H39F. The smallest absolute Gasteiger partial charge is 0.134 e. The number of benzene rings is 3. The summed E-state index contributed by atoms with van der Waals surface area (Å²) in [4.78, 5) is 0. The van der Waals surface area contributed by atoms with Crippen LogP contribution < -0.4 is 0 Å². The Labute approximate surface area is 211 Å². The maximum atomic E-state index is 15.5. The van der Waals surface area contributed by atoms with E-state index in [1.165, 1.54) is 50.5 Å². The lowest BCUT2D eigenvalue weighted by Crippen LogP contribution is -2.14. The first-order chi connectivity index (χ1) is 17.2. The van der Waals surface area contributed by atoms with E-state index < -0.39 is 0 Å². The lowest BCUT2D eigenvalue weighted by atomic mass is 9.76. The fraction of sp³-hybridized carbons (Fsp3) is 0.412. The molecule has 0 heterocycles. The molecule has 1 aliphatic rings. The number of hydrogen-bond donors (Lipinski definition) is 0. The highest BCUT2D eigenvalue weighted by atomic mass is 19.1. The summed E-state index contributed by atoms with van der Waals surface area (Å²) in [5.74, 6) is 7.63. The molecule has 1 saturated carbocycles. The molecule has 3 aromatic carbocycles. The zero-order valence-corrected chi connectivity index (χ0v) is 21.3. The van der Waals surface area contributed by atoms with Crippen molar-refractivity contribution in [3.63, 3.8) is 0 Å². The molecule has 182 valence electrons. The van der Waals surface area contributed by atoms with Gasteiger partial charge in [-0.3, -0.25) is 0 Å². The van der Waals surface area contributed by atoms with Crippen molar-refractivity contribution >= 4 is 10.8 Å². The van der Waals surface area contributed by atoms with Gasteiger partial charge in [0.25, 0.3) is 0 Å². The average molecular weight is 467 g/mol. The molecule has 0 radical (unpaired) electrons. The Bertz CT molecular complexity index is 1170. The quantitative estimate of drug-likeness (QED) is 0.167. The van der Waals surface area contributed by atoms with Gasteiger partial charge in [0.1, 0.15) is 5.82 Å². The molecule has 1 fully saturated rings. The lowest BCUT2D eigenvalue weighted by Gasteiger charge is -2.29. The molecule has 4 rings (SSSR count). The Hall–Kier alpha value is -2.85. The van der Waals surface area contributed by atoms with Crippen LogP contribution in [0, 0.1) is 23.6 Å². The predicted octanol–water partition coefficient (Wildman–Crippen LogP) is 9.74. The molecule has 0 nitrogen and oxygen atoms in total. The molecule has 1 heteroatoms. The summed E-state index contributed by atoms with van der Waals surface area (Å²) in [6, 6.07) is 18.6. The van der Waals surface area contributed by atoms with Crippen molar-refractivity contribution in [3.05, 3.63) is 95.3 Å². The Morgan fingerprint density at radius 2 is 1.63 bits per heavy atom. The number of halogens is 1. The molecule has 0 atom stereocenters. The molecule has 0 N–H and O–H groups in total. The summed E-state index contributed by atoms with van der Waals surface area (Å²) >= 11 is 0. The van der Waals surface area contributed by atoms with E-state index in [9.17, 15) is 0 Å². The second-order valence-electron chi connectivity index (χ2n) is 10.2. The van der Waals surface area contributed by atoms with Gasteiger partial charge in [-0.1, -0.05) is 74.4 Å². The first-order valence-corrected chi connectivity index (χ1v) is 13.6. The van der Waals surface area contributed by atoms with E-state index in [-0.39, 0.29) is 5.82 Å². The van der Waals surface area contributed by atoms with E-state index in [0.717, 1.165) is 53.7 Å². The maximum absolute atomic E-state index is 15.5. The van der Waals surface area contributed by atoms with Crippen LogP contribution in [0.5, 0.6) is 0 Å². The standard InChI is InChI=1S/C34H39F/c1-3-5-7-8-10-27-11-13-28(14-12-27)15-16-29-19-23-33-31(25-29)22-24-32(34(33)35)30-20-17-26(18-21-30)9-6-4-2/h4,11-14,19,22-26,30H,2-3,5-10,17-18,20-21H2,1H3. The van der Waals surface area contributed by atoms with Crippen molar-refractivity contribution in [1.82, 2.24) is 0 Å². The van der Waals surface area contributed by atoms with E-state index >= 15 is 4.39 Å². The third kappa shape index (κ3) is 6.85. The third-order valence-corrected chi connectivity index (χ3v) is 7.67. The van der Waals surface area contributed by atoms with Crippen LogP contribution in [0.2, 0.25) is 0 Å². The van der Waals surface area contributed by atoms with Gasteiger partial charge in [-0.15, -0.1) is 6.58 Å². The second-order valence-corrected chi connectivity index (χ2v) is 10.2. The first-order valence-electron chi connectivity index (χ1n) is 13.6. The Balaban J connectivity index is 1.41. The Morgan fingerprint density at radius 3 is 2.37 bits per heavy atom. The number of allylic oxidation sites excluding steroid dienone is 1. The fourth-order valence-electron chi connectivity index (χ4n) is 5.47. The van der Waals surface area contributed by atoms with Crippen LogP contribution in [0.15, 0.2) is 67.3 Å². The van der Waals surface area contributed by atoms with Crippen molar-refractivity contribution in [2.45, 2.75) is 83.5 Å². The highest BCUT2D eigenvalue weighted by molar-refractivity contribution is 5.85. The van der Waals surface area contributed by atoms with E-state index in [1.807, 2.05) is 30.3 Å².